The Morgan fingerprint density at radius 3 is 2.66 bits per heavy atom. The number of phenolic OH excluding ortho intramolecular Hbond substituents is 1. The van der Waals surface area contributed by atoms with Crippen LogP contribution < -0.4 is 15.8 Å². The van der Waals surface area contributed by atoms with E-state index < -0.39 is 0 Å². The molecule has 0 atom stereocenters. The molecule has 0 saturated heterocycles. The van der Waals surface area contributed by atoms with Gasteiger partial charge in [0.1, 0.15) is 0 Å². The molecular formula is C23H26ClN3O2. The summed E-state index contributed by atoms with van der Waals surface area (Å²) in [5.41, 5.74) is 9.72. The van der Waals surface area contributed by atoms with Gasteiger partial charge in [0, 0.05) is 23.3 Å². The summed E-state index contributed by atoms with van der Waals surface area (Å²) >= 11 is 6.19. The first-order chi connectivity index (χ1) is 14.1. The number of methoxy groups -OCH3 is 1. The molecule has 5 nitrogen and oxygen atoms in total. The van der Waals surface area contributed by atoms with Crippen LogP contribution in [0.4, 0.5) is 5.69 Å². The van der Waals surface area contributed by atoms with Crippen molar-refractivity contribution in [1.82, 2.24) is 4.98 Å². The standard InChI is InChI=1S/C23H26ClN3O2/c1-29-22-12-16(11-19(24)23(22)28)15-4-7-20-18(10-15)21(8-9-26-20)27-17-5-2-14(13-25)3-6-17/h4,7-12,14,17,28H,2-3,5-6,13,25H2,1H3,(H,26,27). The number of nitrogens with zero attached hydrogens (tertiary/aromatic N) is 1. The average Bonchev–Trinajstić information content (AvgIpc) is 2.76. The minimum atomic E-state index is -0.0455. The number of nitrogens with two attached hydrogens (primary N) is 1. The number of halogens is 1. The molecule has 1 aliphatic rings. The number of benzene rings is 2. The number of aromatic hydroxyl groups is 1. The van der Waals surface area contributed by atoms with Crippen LogP contribution in [0, 0.1) is 5.92 Å². The molecule has 4 N–H and O–H groups in total. The largest absolute Gasteiger partial charge is 0.503 e. The number of hydrogen-bond acceptors (Lipinski definition) is 5. The van der Waals surface area contributed by atoms with Gasteiger partial charge in [-0.25, -0.2) is 0 Å². The van der Waals surface area contributed by atoms with Crippen LogP contribution in [0.3, 0.4) is 0 Å². The van der Waals surface area contributed by atoms with E-state index in [9.17, 15) is 5.11 Å². The molecule has 1 heterocycles. The second-order valence-electron chi connectivity index (χ2n) is 7.70. The van der Waals surface area contributed by atoms with Crippen molar-refractivity contribution in [2.45, 2.75) is 31.7 Å². The molecule has 29 heavy (non-hydrogen) atoms. The number of phenols is 1. The van der Waals surface area contributed by atoms with Crippen molar-refractivity contribution in [3.05, 3.63) is 47.6 Å². The first-order valence-electron chi connectivity index (χ1n) is 10.0. The van der Waals surface area contributed by atoms with Crippen molar-refractivity contribution in [1.29, 1.82) is 0 Å². The lowest BCUT2D eigenvalue weighted by Gasteiger charge is -2.29. The van der Waals surface area contributed by atoms with Crippen molar-refractivity contribution in [3.8, 4) is 22.6 Å². The summed E-state index contributed by atoms with van der Waals surface area (Å²) in [5.74, 6) is 0.965. The molecule has 1 aliphatic carbocycles. The highest BCUT2D eigenvalue weighted by Gasteiger charge is 2.20. The minimum Gasteiger partial charge on any atom is -0.503 e. The smallest absolute Gasteiger partial charge is 0.176 e. The van der Waals surface area contributed by atoms with E-state index in [2.05, 4.69) is 16.4 Å². The van der Waals surface area contributed by atoms with Crippen LogP contribution >= 0.6 is 11.6 Å². The molecule has 1 aromatic heterocycles. The van der Waals surface area contributed by atoms with Gasteiger partial charge in [-0.05, 0) is 79.6 Å². The van der Waals surface area contributed by atoms with Crippen molar-refractivity contribution in [2.24, 2.45) is 11.7 Å². The monoisotopic (exact) mass is 411 g/mol. The Hall–Kier alpha value is -2.50. The van der Waals surface area contributed by atoms with Crippen molar-refractivity contribution in [2.75, 3.05) is 19.0 Å². The van der Waals surface area contributed by atoms with Crippen molar-refractivity contribution >= 4 is 28.2 Å². The number of aromatic nitrogens is 1. The molecule has 0 radical (unpaired) electrons. The van der Waals surface area contributed by atoms with Crippen LogP contribution in [0.15, 0.2) is 42.6 Å². The maximum Gasteiger partial charge on any atom is 0.176 e. The zero-order valence-corrected chi connectivity index (χ0v) is 17.2. The highest BCUT2D eigenvalue weighted by atomic mass is 35.5. The molecule has 0 unspecified atom stereocenters. The van der Waals surface area contributed by atoms with Crippen LogP contribution in [0.1, 0.15) is 25.7 Å². The summed E-state index contributed by atoms with van der Waals surface area (Å²) in [6.07, 6.45) is 6.46. The van der Waals surface area contributed by atoms with Gasteiger partial charge in [-0.2, -0.15) is 0 Å². The molecule has 3 aromatic rings. The highest BCUT2D eigenvalue weighted by molar-refractivity contribution is 6.32. The molecule has 1 fully saturated rings. The third-order valence-corrected chi connectivity index (χ3v) is 6.15. The van der Waals surface area contributed by atoms with Gasteiger partial charge in [-0.15, -0.1) is 0 Å². The molecule has 6 heteroatoms. The van der Waals surface area contributed by atoms with Crippen LogP contribution in [0.5, 0.6) is 11.5 Å². The number of ether oxygens (including phenoxy) is 1. The van der Waals surface area contributed by atoms with Crippen LogP contribution in [-0.4, -0.2) is 29.8 Å². The van der Waals surface area contributed by atoms with E-state index in [1.807, 2.05) is 24.4 Å². The Morgan fingerprint density at radius 1 is 1.14 bits per heavy atom. The van der Waals surface area contributed by atoms with E-state index in [1.54, 1.807) is 12.1 Å². The van der Waals surface area contributed by atoms with Gasteiger partial charge in [-0.3, -0.25) is 4.98 Å². The number of hydrogen-bond donors (Lipinski definition) is 3. The summed E-state index contributed by atoms with van der Waals surface area (Å²) in [6.45, 7) is 0.785. The Morgan fingerprint density at radius 2 is 1.93 bits per heavy atom. The highest BCUT2D eigenvalue weighted by Crippen LogP contribution is 2.39. The SMILES string of the molecule is COc1cc(-c2ccc3nccc(NC4CCC(CN)CC4)c3c2)cc(Cl)c1O. The van der Waals surface area contributed by atoms with Gasteiger partial charge in [-0.1, -0.05) is 17.7 Å². The third-order valence-electron chi connectivity index (χ3n) is 5.86. The van der Waals surface area contributed by atoms with Crippen LogP contribution in [-0.2, 0) is 0 Å². The van der Waals surface area contributed by atoms with E-state index >= 15 is 0 Å². The maximum absolute atomic E-state index is 10.0. The predicted molar refractivity (Wildman–Crippen MR) is 119 cm³/mol. The number of nitrogens with one attached hydrogen (secondary N) is 1. The fourth-order valence-corrected chi connectivity index (χ4v) is 4.32. The zero-order valence-electron chi connectivity index (χ0n) is 16.5. The van der Waals surface area contributed by atoms with Gasteiger partial charge in [0.25, 0.3) is 0 Å². The van der Waals surface area contributed by atoms with Crippen LogP contribution in [0.2, 0.25) is 5.02 Å². The quantitative estimate of drug-likeness (QED) is 0.537. The number of fused-ring (bicyclic) bond motifs is 1. The number of rotatable bonds is 5. The van der Waals surface area contributed by atoms with Gasteiger partial charge >= 0.3 is 0 Å². The Balaban J connectivity index is 1.67. The lowest BCUT2D eigenvalue weighted by molar-refractivity contribution is 0.345. The van der Waals surface area contributed by atoms with Crippen molar-refractivity contribution in [3.63, 3.8) is 0 Å². The predicted octanol–water partition coefficient (Wildman–Crippen LogP) is 5.20. The minimum absolute atomic E-state index is 0.0455. The zero-order chi connectivity index (χ0) is 20.4. The van der Waals surface area contributed by atoms with E-state index in [1.165, 1.54) is 20.0 Å². The fourth-order valence-electron chi connectivity index (χ4n) is 4.11. The summed E-state index contributed by atoms with van der Waals surface area (Å²) in [4.78, 5) is 4.51. The number of pyridine rings is 1. The van der Waals surface area contributed by atoms with Gasteiger partial charge in [0.05, 0.1) is 17.6 Å². The fraction of sp³-hybridized carbons (Fsp3) is 0.348. The lowest BCUT2D eigenvalue weighted by atomic mass is 9.86. The molecule has 0 spiro atoms. The topological polar surface area (TPSA) is 80.4 Å². The molecule has 152 valence electrons. The molecule has 4 rings (SSSR count). The second kappa shape index (κ2) is 8.47. The summed E-state index contributed by atoms with van der Waals surface area (Å²) < 4.78 is 5.25. The normalized spacial score (nSPS) is 19.3. The third kappa shape index (κ3) is 4.11. The molecular weight excluding hydrogens is 386 g/mol. The second-order valence-corrected chi connectivity index (χ2v) is 8.10. The molecule has 1 saturated carbocycles. The summed E-state index contributed by atoms with van der Waals surface area (Å²) in [6, 6.07) is 12.2. The van der Waals surface area contributed by atoms with E-state index in [4.69, 9.17) is 22.1 Å². The lowest BCUT2D eigenvalue weighted by Crippen LogP contribution is -2.29. The Labute approximate surface area is 175 Å². The molecule has 0 aliphatic heterocycles. The van der Waals surface area contributed by atoms with E-state index in [0.717, 1.165) is 47.1 Å². The van der Waals surface area contributed by atoms with Crippen LogP contribution in [0.25, 0.3) is 22.0 Å². The molecule has 0 amide bonds. The maximum atomic E-state index is 10.0. The Bertz CT molecular complexity index is 1020. The van der Waals surface area contributed by atoms with Gasteiger partial charge in [0.15, 0.2) is 11.5 Å². The summed E-state index contributed by atoms with van der Waals surface area (Å²) in [7, 11) is 1.51. The van der Waals surface area contributed by atoms with Gasteiger partial charge in [0.2, 0.25) is 0 Å². The molecule has 2 aromatic carbocycles. The van der Waals surface area contributed by atoms with Gasteiger partial charge < -0.3 is 20.9 Å². The Kier molecular flexibility index (Phi) is 5.79. The van der Waals surface area contributed by atoms with Crippen molar-refractivity contribution < 1.29 is 9.84 Å². The van der Waals surface area contributed by atoms with E-state index in [0.29, 0.717) is 17.7 Å². The first kappa shape index (κ1) is 19.8. The average molecular weight is 412 g/mol. The van der Waals surface area contributed by atoms with E-state index in [-0.39, 0.29) is 10.8 Å². The first-order valence-corrected chi connectivity index (χ1v) is 10.4. The molecule has 0 bridgehead atoms. The number of anilines is 1. The summed E-state index contributed by atoms with van der Waals surface area (Å²) in [5, 5.41) is 15.1.